The van der Waals surface area contributed by atoms with E-state index in [1.54, 1.807) is 18.2 Å². The van der Waals surface area contributed by atoms with Crippen molar-refractivity contribution in [3.63, 3.8) is 0 Å². The number of fused-ring (bicyclic) bond motifs is 1. The maximum absolute atomic E-state index is 11.2. The summed E-state index contributed by atoms with van der Waals surface area (Å²) in [5.74, 6) is 0. The molecule has 0 unspecified atom stereocenters. The van der Waals surface area contributed by atoms with Crippen molar-refractivity contribution in [3.05, 3.63) is 38.9 Å². The number of nitrogens with one attached hydrogen (secondary N) is 2. The molecule has 0 bridgehead atoms. The normalized spacial score (nSPS) is 10.5. The predicted molar refractivity (Wildman–Crippen MR) is 49.6 cm³/mol. The quantitative estimate of drug-likeness (QED) is 0.491. The summed E-state index contributed by atoms with van der Waals surface area (Å²) in [5.41, 5.74) is 5.14. The third-order valence-electron chi connectivity index (χ3n) is 1.86. The second-order valence-electron chi connectivity index (χ2n) is 2.68. The van der Waals surface area contributed by atoms with Crippen LogP contribution in [-0.4, -0.2) is 10.2 Å². The molecule has 0 saturated carbocycles. The van der Waals surface area contributed by atoms with E-state index >= 15 is 0 Å². The molecule has 1 aromatic carbocycles. The third kappa shape index (κ3) is 1.01. The van der Waals surface area contributed by atoms with Crippen LogP contribution >= 0.6 is 0 Å². The number of hydrogen-bond acceptors (Lipinski definition) is 3. The van der Waals surface area contributed by atoms with Gasteiger partial charge in [0.1, 0.15) is 0 Å². The fourth-order valence-electron chi connectivity index (χ4n) is 1.26. The van der Waals surface area contributed by atoms with E-state index in [-0.39, 0.29) is 16.5 Å². The van der Waals surface area contributed by atoms with Crippen molar-refractivity contribution in [2.75, 3.05) is 5.73 Å². The summed E-state index contributed by atoms with van der Waals surface area (Å²) in [6, 6.07) is 4.77. The van der Waals surface area contributed by atoms with Gasteiger partial charge in [-0.3, -0.25) is 19.8 Å². The molecule has 0 fully saturated rings. The molecule has 0 aliphatic rings. The highest BCUT2D eigenvalue weighted by Crippen LogP contribution is 2.11. The summed E-state index contributed by atoms with van der Waals surface area (Å²) >= 11 is 0. The predicted octanol–water partition coefficient (Wildman–Crippen LogP) is -0.201. The minimum Gasteiger partial charge on any atom is -0.398 e. The average Bonchev–Trinajstić information content (AvgIpc) is 2.12. The van der Waals surface area contributed by atoms with Crippen molar-refractivity contribution in [2.24, 2.45) is 0 Å². The van der Waals surface area contributed by atoms with E-state index < -0.39 is 0 Å². The molecule has 13 heavy (non-hydrogen) atoms. The summed E-state index contributed by atoms with van der Waals surface area (Å²) in [6.07, 6.45) is 0. The van der Waals surface area contributed by atoms with E-state index in [1.807, 2.05) is 0 Å². The van der Waals surface area contributed by atoms with Crippen LogP contribution < -0.4 is 16.9 Å². The zero-order chi connectivity index (χ0) is 9.42. The summed E-state index contributed by atoms with van der Waals surface area (Å²) in [4.78, 5) is 22.4. The molecular weight excluding hydrogens is 174 g/mol. The van der Waals surface area contributed by atoms with Gasteiger partial charge in [-0.1, -0.05) is 6.07 Å². The van der Waals surface area contributed by atoms with Gasteiger partial charge in [-0.15, -0.1) is 0 Å². The number of aromatic nitrogens is 2. The van der Waals surface area contributed by atoms with Gasteiger partial charge < -0.3 is 5.73 Å². The Labute approximate surface area is 72.2 Å². The highest BCUT2D eigenvalue weighted by molar-refractivity contribution is 5.91. The molecular formula is C8H7N3O2. The fourth-order valence-corrected chi connectivity index (χ4v) is 1.26. The van der Waals surface area contributed by atoms with Gasteiger partial charge in [0.2, 0.25) is 0 Å². The first-order chi connectivity index (χ1) is 6.20. The van der Waals surface area contributed by atoms with E-state index in [9.17, 15) is 9.59 Å². The summed E-state index contributed by atoms with van der Waals surface area (Å²) in [5, 5.41) is 4.98. The lowest BCUT2D eigenvalue weighted by Crippen LogP contribution is -2.19. The lowest BCUT2D eigenvalue weighted by Gasteiger charge is -1.97. The second-order valence-corrected chi connectivity index (χ2v) is 2.68. The number of H-pyrrole nitrogens is 2. The maximum atomic E-state index is 11.2. The first kappa shape index (κ1) is 7.60. The number of rotatable bonds is 0. The lowest BCUT2D eigenvalue weighted by atomic mass is 10.4. The van der Waals surface area contributed by atoms with Crippen LogP contribution in [0.3, 0.4) is 0 Å². The van der Waals surface area contributed by atoms with E-state index in [0.717, 1.165) is 0 Å². The van der Waals surface area contributed by atoms with Crippen LogP contribution in [0.15, 0.2) is 27.8 Å². The Morgan fingerprint density at radius 1 is 1.08 bits per heavy atom. The molecule has 0 aliphatic heterocycles. The average molecular weight is 181 g/mol. The monoisotopic (exact) mass is 181 g/mol. The standard InChI is InChI=1S/C8H7N3O2/c9-5-3-1-2-4-6(5)8(13)11-10-7(4)12/h1-3H,9H2,(H,10,12)(H,11,13)/i1+1,2+1,3+1,5+1. The molecule has 1 aromatic heterocycles. The molecule has 0 aliphatic carbocycles. The molecule has 0 spiro atoms. The molecule has 2 rings (SSSR count). The topological polar surface area (TPSA) is 91.7 Å². The number of nitrogens with two attached hydrogens (primary N) is 1. The van der Waals surface area contributed by atoms with Crippen LogP contribution in [-0.2, 0) is 0 Å². The summed E-state index contributed by atoms with van der Waals surface area (Å²) in [7, 11) is 0. The molecule has 1 heterocycles. The van der Waals surface area contributed by atoms with Gasteiger partial charge in [0.25, 0.3) is 11.1 Å². The van der Waals surface area contributed by atoms with Crippen LogP contribution in [0.5, 0.6) is 0 Å². The molecule has 0 atom stereocenters. The van der Waals surface area contributed by atoms with E-state index in [4.69, 9.17) is 5.73 Å². The Hall–Kier alpha value is -2.04. The molecule has 5 heteroatoms. The highest BCUT2D eigenvalue weighted by atomic mass is 16.1. The van der Waals surface area contributed by atoms with Crippen molar-refractivity contribution in [1.82, 2.24) is 10.2 Å². The number of hydrogen-bond donors (Lipinski definition) is 3. The molecule has 0 radical (unpaired) electrons. The van der Waals surface area contributed by atoms with Gasteiger partial charge in [-0.05, 0) is 12.1 Å². The molecule has 4 N–H and O–H groups in total. The Morgan fingerprint density at radius 3 is 2.46 bits per heavy atom. The zero-order valence-electron chi connectivity index (χ0n) is 6.63. The minimum atomic E-state index is -0.382. The van der Waals surface area contributed by atoms with Gasteiger partial charge in [0.15, 0.2) is 0 Å². The van der Waals surface area contributed by atoms with Crippen molar-refractivity contribution in [3.8, 4) is 0 Å². The van der Waals surface area contributed by atoms with Crippen LogP contribution in [0.1, 0.15) is 0 Å². The Balaban J connectivity index is 3.19. The molecule has 5 nitrogen and oxygen atoms in total. The zero-order valence-corrected chi connectivity index (χ0v) is 6.63. The Morgan fingerprint density at radius 2 is 1.77 bits per heavy atom. The van der Waals surface area contributed by atoms with Crippen LogP contribution in [0.25, 0.3) is 10.8 Å². The van der Waals surface area contributed by atoms with E-state index in [2.05, 4.69) is 10.2 Å². The van der Waals surface area contributed by atoms with Crippen molar-refractivity contribution >= 4 is 16.5 Å². The van der Waals surface area contributed by atoms with E-state index in [1.165, 1.54) is 0 Å². The lowest BCUT2D eigenvalue weighted by molar-refractivity contribution is 0.977. The smallest absolute Gasteiger partial charge is 0.272 e. The molecule has 0 amide bonds. The molecule has 66 valence electrons. The van der Waals surface area contributed by atoms with Crippen LogP contribution in [0.4, 0.5) is 5.69 Å². The molecule has 0 saturated heterocycles. The minimum absolute atomic E-state index is 0.242. The number of benzene rings is 1. The number of nitrogen functional groups attached to an aromatic ring is 1. The summed E-state index contributed by atoms with van der Waals surface area (Å²) in [6.45, 7) is 0. The summed E-state index contributed by atoms with van der Waals surface area (Å²) < 4.78 is 0. The van der Waals surface area contributed by atoms with Crippen molar-refractivity contribution in [1.29, 1.82) is 0 Å². The second kappa shape index (κ2) is 2.48. The first-order valence-electron chi connectivity index (χ1n) is 3.69. The third-order valence-corrected chi connectivity index (χ3v) is 1.86. The van der Waals surface area contributed by atoms with Gasteiger partial charge in [0.05, 0.1) is 10.8 Å². The SMILES string of the molecule is N[13c]1[13cH][13cH][13cH]c2c(=O)[nH][nH]c(=O)c21. The Bertz CT molecular complexity index is 567. The van der Waals surface area contributed by atoms with E-state index in [0.29, 0.717) is 11.1 Å². The number of anilines is 1. The van der Waals surface area contributed by atoms with Gasteiger partial charge >= 0.3 is 0 Å². The van der Waals surface area contributed by atoms with Crippen LogP contribution in [0.2, 0.25) is 0 Å². The van der Waals surface area contributed by atoms with Crippen molar-refractivity contribution in [2.45, 2.75) is 0 Å². The van der Waals surface area contributed by atoms with Gasteiger partial charge in [-0.2, -0.15) is 0 Å². The molecule has 2 aromatic rings. The first-order valence-corrected chi connectivity index (χ1v) is 3.69. The maximum Gasteiger partial charge on any atom is 0.272 e. The van der Waals surface area contributed by atoms with Gasteiger partial charge in [0, 0.05) is 5.69 Å². The largest absolute Gasteiger partial charge is 0.398 e. The Kier molecular flexibility index (Phi) is 1.45. The van der Waals surface area contributed by atoms with Crippen molar-refractivity contribution < 1.29 is 0 Å². The van der Waals surface area contributed by atoms with Crippen LogP contribution in [0, 0.1) is 0 Å². The van der Waals surface area contributed by atoms with Gasteiger partial charge in [-0.25, -0.2) is 0 Å². The fraction of sp³-hybridized carbons (Fsp3) is 0. The number of aromatic amines is 2. The highest BCUT2D eigenvalue weighted by Gasteiger charge is 2.04.